The van der Waals surface area contributed by atoms with Crippen LogP contribution in [-0.4, -0.2) is 46.5 Å². The molecule has 1 aromatic heterocycles. The number of hydrogen-bond donors (Lipinski definition) is 4. The number of H-pyrrole nitrogens is 1. The van der Waals surface area contributed by atoms with Crippen molar-refractivity contribution in [3.8, 4) is 0 Å². The molecule has 0 bridgehead atoms. The van der Waals surface area contributed by atoms with Crippen LogP contribution in [-0.2, 0) is 14.3 Å². The molecule has 3 rings (SSSR count). The van der Waals surface area contributed by atoms with Crippen molar-refractivity contribution in [2.75, 3.05) is 11.9 Å². The number of aryl methyl sites for hydroxylation is 1. The minimum atomic E-state index is -1.09. The van der Waals surface area contributed by atoms with Crippen molar-refractivity contribution >= 4 is 41.1 Å². The molecule has 2 aromatic rings. The minimum Gasteiger partial charge on any atom is -0.478 e. The molecular weight excluding hydrogens is 402 g/mol. The number of nitrogens with one attached hydrogen (secondary N) is 3. The van der Waals surface area contributed by atoms with E-state index in [2.05, 4.69) is 15.6 Å². The van der Waals surface area contributed by atoms with Crippen LogP contribution in [0.2, 0.25) is 0 Å². The zero-order chi connectivity index (χ0) is 22.9. The predicted octanol–water partition coefficient (Wildman–Crippen LogP) is 2.50. The summed E-state index contributed by atoms with van der Waals surface area (Å²) in [7, 11) is 0. The smallest absolute Gasteiger partial charge is 0.335 e. The van der Waals surface area contributed by atoms with E-state index in [1.54, 1.807) is 32.9 Å². The molecule has 1 unspecified atom stereocenters. The first-order valence-corrected chi connectivity index (χ1v) is 9.71. The number of aromatic nitrogens is 1. The number of aromatic carboxylic acids is 1. The third-order valence-corrected chi connectivity index (χ3v) is 5.03. The molecule has 9 heteroatoms. The van der Waals surface area contributed by atoms with Gasteiger partial charge in [0.15, 0.2) is 0 Å². The topological polar surface area (TPSA) is 138 Å². The highest BCUT2D eigenvalue weighted by molar-refractivity contribution is 6.35. The molecule has 4 N–H and O–H groups in total. The highest BCUT2D eigenvalue weighted by atomic mass is 16.5. The standard InChI is InChI=1S/C22H23N3O6/c1-5-31-22(30)12(4)24-20(27)18-10(2)17(23-11(18)3)9-15-14-8-13(21(28)29)6-7-16(14)25-19(15)26/h6-9,12,23H,5H2,1-4H3,(H,24,27)(H,25,26)(H,28,29). The second-order valence-electron chi connectivity index (χ2n) is 7.19. The van der Waals surface area contributed by atoms with Crippen LogP contribution in [0.3, 0.4) is 0 Å². The largest absolute Gasteiger partial charge is 0.478 e. The van der Waals surface area contributed by atoms with Gasteiger partial charge in [-0.3, -0.25) is 9.59 Å². The lowest BCUT2D eigenvalue weighted by atomic mass is 10.0. The predicted molar refractivity (Wildman–Crippen MR) is 114 cm³/mol. The van der Waals surface area contributed by atoms with Gasteiger partial charge in [-0.25, -0.2) is 9.59 Å². The normalized spacial score (nSPS) is 14.7. The number of carboxylic acid groups (broad SMARTS) is 1. The summed E-state index contributed by atoms with van der Waals surface area (Å²) in [6, 6.07) is 3.58. The lowest BCUT2D eigenvalue weighted by Crippen LogP contribution is -2.39. The van der Waals surface area contributed by atoms with Crippen LogP contribution < -0.4 is 10.6 Å². The van der Waals surface area contributed by atoms with Gasteiger partial charge >= 0.3 is 11.9 Å². The van der Waals surface area contributed by atoms with Gasteiger partial charge in [-0.1, -0.05) is 0 Å². The second kappa shape index (κ2) is 8.47. The summed E-state index contributed by atoms with van der Waals surface area (Å²) in [5, 5.41) is 14.6. The number of rotatable bonds is 6. The molecule has 1 atom stereocenters. The van der Waals surface area contributed by atoms with E-state index < -0.39 is 23.9 Å². The van der Waals surface area contributed by atoms with Crippen molar-refractivity contribution in [1.82, 2.24) is 10.3 Å². The zero-order valence-electron chi connectivity index (χ0n) is 17.6. The Kier molecular flexibility index (Phi) is 5.96. The lowest BCUT2D eigenvalue weighted by Gasteiger charge is -2.13. The number of benzene rings is 1. The van der Waals surface area contributed by atoms with E-state index in [0.717, 1.165) is 0 Å². The summed E-state index contributed by atoms with van der Waals surface area (Å²) in [6.07, 6.45) is 1.58. The van der Waals surface area contributed by atoms with Crippen LogP contribution >= 0.6 is 0 Å². The van der Waals surface area contributed by atoms with Crippen molar-refractivity contribution in [2.24, 2.45) is 0 Å². The second-order valence-corrected chi connectivity index (χ2v) is 7.19. The molecule has 1 aliphatic rings. The maximum atomic E-state index is 12.7. The van der Waals surface area contributed by atoms with E-state index >= 15 is 0 Å². The first-order valence-electron chi connectivity index (χ1n) is 9.71. The van der Waals surface area contributed by atoms with Crippen LogP contribution in [0.5, 0.6) is 0 Å². The monoisotopic (exact) mass is 425 g/mol. The van der Waals surface area contributed by atoms with Crippen LogP contribution in [0.1, 0.15) is 57.1 Å². The zero-order valence-corrected chi connectivity index (χ0v) is 17.6. The number of aromatic amines is 1. The number of esters is 1. The van der Waals surface area contributed by atoms with Crippen LogP contribution in [0.15, 0.2) is 18.2 Å². The fraction of sp³-hybridized carbons (Fsp3) is 0.273. The molecule has 0 fully saturated rings. The molecule has 31 heavy (non-hydrogen) atoms. The number of carbonyl (C=O) groups is 4. The van der Waals surface area contributed by atoms with Gasteiger partial charge in [-0.05, 0) is 57.5 Å². The molecule has 0 aliphatic carbocycles. The molecule has 1 aliphatic heterocycles. The van der Waals surface area contributed by atoms with Gasteiger partial charge in [0.05, 0.1) is 23.3 Å². The Bertz CT molecular complexity index is 1130. The van der Waals surface area contributed by atoms with Gasteiger partial charge in [0.25, 0.3) is 11.8 Å². The van der Waals surface area contributed by atoms with Gasteiger partial charge in [0.2, 0.25) is 0 Å². The molecule has 162 valence electrons. The van der Waals surface area contributed by atoms with E-state index in [1.807, 2.05) is 0 Å². The summed E-state index contributed by atoms with van der Waals surface area (Å²) in [6.45, 7) is 6.87. The van der Waals surface area contributed by atoms with Gasteiger partial charge in [-0.2, -0.15) is 0 Å². The molecule has 2 amide bonds. The summed E-state index contributed by atoms with van der Waals surface area (Å²) in [5.41, 5.74) is 3.39. The van der Waals surface area contributed by atoms with E-state index in [9.17, 15) is 24.3 Å². The minimum absolute atomic E-state index is 0.0635. The molecular formula is C22H23N3O6. The molecule has 2 heterocycles. The van der Waals surface area contributed by atoms with Crippen molar-refractivity contribution < 1.29 is 29.0 Å². The maximum absolute atomic E-state index is 12.7. The number of fused-ring (bicyclic) bond motifs is 1. The van der Waals surface area contributed by atoms with Gasteiger partial charge < -0.3 is 25.5 Å². The number of carbonyl (C=O) groups excluding carboxylic acids is 3. The number of amides is 2. The van der Waals surface area contributed by atoms with Gasteiger partial charge in [0, 0.05) is 22.6 Å². The Morgan fingerprint density at radius 2 is 1.97 bits per heavy atom. The number of hydrogen-bond acceptors (Lipinski definition) is 5. The summed E-state index contributed by atoms with van der Waals surface area (Å²) >= 11 is 0. The molecule has 9 nitrogen and oxygen atoms in total. The molecule has 1 aromatic carbocycles. The highest BCUT2D eigenvalue weighted by Crippen LogP contribution is 2.34. The van der Waals surface area contributed by atoms with E-state index in [4.69, 9.17) is 4.74 Å². The summed E-state index contributed by atoms with van der Waals surface area (Å²) in [4.78, 5) is 51.4. The van der Waals surface area contributed by atoms with E-state index in [0.29, 0.717) is 33.8 Å². The molecule has 0 spiro atoms. The van der Waals surface area contributed by atoms with Crippen molar-refractivity contribution in [3.63, 3.8) is 0 Å². The van der Waals surface area contributed by atoms with E-state index in [1.165, 1.54) is 19.1 Å². The number of carboxylic acids is 1. The first kappa shape index (κ1) is 21.8. The summed E-state index contributed by atoms with van der Waals surface area (Å²) < 4.78 is 4.91. The lowest BCUT2D eigenvalue weighted by molar-refractivity contribution is -0.144. The number of ether oxygens (including phenoxy) is 1. The average Bonchev–Trinajstić information content (AvgIpc) is 3.16. The van der Waals surface area contributed by atoms with Crippen LogP contribution in [0.4, 0.5) is 5.69 Å². The summed E-state index contributed by atoms with van der Waals surface area (Å²) in [5.74, 6) is -2.44. The first-order chi connectivity index (χ1) is 14.6. The fourth-order valence-corrected chi connectivity index (χ4v) is 3.46. The van der Waals surface area contributed by atoms with Gasteiger partial charge in [-0.15, -0.1) is 0 Å². The van der Waals surface area contributed by atoms with Crippen molar-refractivity contribution in [3.05, 3.63) is 51.8 Å². The van der Waals surface area contributed by atoms with E-state index in [-0.39, 0.29) is 23.7 Å². The fourth-order valence-electron chi connectivity index (χ4n) is 3.46. The Morgan fingerprint density at radius 3 is 2.61 bits per heavy atom. The third-order valence-electron chi connectivity index (χ3n) is 5.03. The molecule has 0 saturated heterocycles. The van der Waals surface area contributed by atoms with Crippen LogP contribution in [0, 0.1) is 13.8 Å². The van der Waals surface area contributed by atoms with Crippen molar-refractivity contribution in [1.29, 1.82) is 0 Å². The van der Waals surface area contributed by atoms with Gasteiger partial charge in [0.1, 0.15) is 6.04 Å². The quantitative estimate of drug-likeness (QED) is 0.414. The van der Waals surface area contributed by atoms with Crippen LogP contribution in [0.25, 0.3) is 11.6 Å². The number of anilines is 1. The Balaban J connectivity index is 1.95. The Morgan fingerprint density at radius 1 is 1.26 bits per heavy atom. The highest BCUT2D eigenvalue weighted by Gasteiger charge is 2.27. The molecule has 0 radical (unpaired) electrons. The third kappa shape index (κ3) is 4.20. The average molecular weight is 425 g/mol. The Hall–Kier alpha value is -3.88. The van der Waals surface area contributed by atoms with Crippen molar-refractivity contribution in [2.45, 2.75) is 33.7 Å². The molecule has 0 saturated carbocycles. The Labute approximate surface area is 178 Å². The maximum Gasteiger partial charge on any atom is 0.335 e. The SMILES string of the molecule is CCOC(=O)C(C)NC(=O)c1c(C)[nH]c(C=C2C(=O)Nc3ccc(C(=O)O)cc32)c1C.